The Bertz CT molecular complexity index is 655. The molecule has 1 saturated heterocycles. The van der Waals surface area contributed by atoms with Crippen molar-refractivity contribution in [1.29, 1.82) is 0 Å². The fraction of sp³-hybridized carbons (Fsp3) is 0.500. The Hall–Kier alpha value is -1.51. The van der Waals surface area contributed by atoms with Gasteiger partial charge in [-0.1, -0.05) is 6.07 Å². The van der Waals surface area contributed by atoms with Gasteiger partial charge in [-0.2, -0.15) is 0 Å². The number of likely N-dealkylation sites (tertiary alicyclic amines) is 1. The predicted molar refractivity (Wildman–Crippen MR) is 78.6 cm³/mol. The Morgan fingerprint density at radius 2 is 2.05 bits per heavy atom. The minimum Gasteiger partial charge on any atom is -0.480 e. The second-order valence-electron chi connectivity index (χ2n) is 5.43. The molecule has 0 radical (unpaired) electrons. The molecule has 2 rings (SSSR count). The maximum Gasteiger partial charge on any atom is 0.317 e. The first-order chi connectivity index (χ1) is 10.3. The number of nitrogens with one attached hydrogen (secondary N) is 1. The van der Waals surface area contributed by atoms with Crippen molar-refractivity contribution >= 4 is 16.0 Å². The molecular formula is C14H19FN2O4S. The van der Waals surface area contributed by atoms with Crippen LogP contribution in [0, 0.1) is 12.7 Å². The molecule has 1 fully saturated rings. The molecular weight excluding hydrogens is 311 g/mol. The number of hydrogen-bond acceptors (Lipinski definition) is 4. The Morgan fingerprint density at radius 1 is 1.41 bits per heavy atom. The Balaban J connectivity index is 2.02. The zero-order valence-corrected chi connectivity index (χ0v) is 13.1. The molecule has 0 atom stereocenters. The number of halogens is 1. The molecule has 0 unspecified atom stereocenters. The molecule has 0 saturated carbocycles. The standard InChI is InChI=1S/C14H19FN2O4S/c1-10-12(15)3-2-4-13(10)22(20,21)16-11-5-7-17(8-6-11)9-14(18)19/h2-4,11,16H,5-9H2,1H3,(H,18,19). The van der Waals surface area contributed by atoms with E-state index in [1.165, 1.54) is 25.1 Å². The van der Waals surface area contributed by atoms with E-state index in [-0.39, 0.29) is 23.0 Å². The summed E-state index contributed by atoms with van der Waals surface area (Å²) in [7, 11) is -3.78. The Labute approximate surface area is 129 Å². The normalized spacial score (nSPS) is 17.5. The molecule has 2 N–H and O–H groups in total. The van der Waals surface area contributed by atoms with Crippen molar-refractivity contribution < 1.29 is 22.7 Å². The topological polar surface area (TPSA) is 86.7 Å². The van der Waals surface area contributed by atoms with Crippen LogP contribution in [0.2, 0.25) is 0 Å². The summed E-state index contributed by atoms with van der Waals surface area (Å²) in [6, 6.07) is 3.70. The van der Waals surface area contributed by atoms with Gasteiger partial charge in [0.15, 0.2) is 0 Å². The third kappa shape index (κ3) is 4.02. The molecule has 0 aliphatic carbocycles. The highest BCUT2D eigenvalue weighted by atomic mass is 32.2. The van der Waals surface area contributed by atoms with Crippen LogP contribution in [0.25, 0.3) is 0 Å². The van der Waals surface area contributed by atoms with Gasteiger partial charge < -0.3 is 5.11 Å². The minimum absolute atomic E-state index is 0.0392. The van der Waals surface area contributed by atoms with Gasteiger partial charge in [-0.15, -0.1) is 0 Å². The number of aliphatic carboxylic acids is 1. The summed E-state index contributed by atoms with van der Waals surface area (Å²) in [6.07, 6.45) is 1.06. The summed E-state index contributed by atoms with van der Waals surface area (Å²) >= 11 is 0. The van der Waals surface area contributed by atoms with E-state index in [4.69, 9.17) is 5.11 Å². The summed E-state index contributed by atoms with van der Waals surface area (Å²) in [6.45, 7) is 2.42. The molecule has 1 aromatic rings. The average molecular weight is 330 g/mol. The predicted octanol–water partition coefficient (Wildman–Crippen LogP) is 0.961. The van der Waals surface area contributed by atoms with Gasteiger partial charge in [0, 0.05) is 24.7 Å². The summed E-state index contributed by atoms with van der Waals surface area (Å²) in [5, 5.41) is 8.73. The van der Waals surface area contributed by atoms with Crippen LogP contribution in [-0.4, -0.2) is 50.1 Å². The molecule has 8 heteroatoms. The van der Waals surface area contributed by atoms with Crippen molar-refractivity contribution in [3.63, 3.8) is 0 Å². The van der Waals surface area contributed by atoms with Crippen LogP contribution < -0.4 is 4.72 Å². The summed E-state index contributed by atoms with van der Waals surface area (Å²) in [5.74, 6) is -1.45. The largest absolute Gasteiger partial charge is 0.480 e. The molecule has 1 aliphatic rings. The van der Waals surface area contributed by atoms with E-state index in [1.54, 1.807) is 4.90 Å². The lowest BCUT2D eigenvalue weighted by Gasteiger charge is -2.31. The van der Waals surface area contributed by atoms with Gasteiger partial charge in [-0.05, 0) is 31.9 Å². The highest BCUT2D eigenvalue weighted by molar-refractivity contribution is 7.89. The number of piperidine rings is 1. The maximum atomic E-state index is 13.5. The second kappa shape index (κ2) is 6.72. The van der Waals surface area contributed by atoms with Gasteiger partial charge in [0.1, 0.15) is 5.82 Å². The van der Waals surface area contributed by atoms with Crippen LogP contribution in [0.15, 0.2) is 23.1 Å². The number of sulfonamides is 1. The van der Waals surface area contributed by atoms with E-state index in [9.17, 15) is 17.6 Å². The molecule has 1 aromatic carbocycles. The highest BCUT2D eigenvalue weighted by Gasteiger charge is 2.26. The molecule has 22 heavy (non-hydrogen) atoms. The maximum absolute atomic E-state index is 13.5. The first kappa shape index (κ1) is 16.9. The van der Waals surface area contributed by atoms with E-state index in [1.807, 2.05) is 0 Å². The number of rotatable bonds is 5. The summed E-state index contributed by atoms with van der Waals surface area (Å²) in [4.78, 5) is 12.4. The van der Waals surface area contributed by atoms with E-state index in [0.29, 0.717) is 25.9 Å². The molecule has 122 valence electrons. The van der Waals surface area contributed by atoms with Crippen molar-refractivity contribution in [3.05, 3.63) is 29.6 Å². The van der Waals surface area contributed by atoms with Crippen LogP contribution in [0.3, 0.4) is 0 Å². The quantitative estimate of drug-likeness (QED) is 0.840. The average Bonchev–Trinajstić information content (AvgIpc) is 2.43. The van der Waals surface area contributed by atoms with Gasteiger partial charge in [0.05, 0.1) is 11.4 Å². The molecule has 0 spiro atoms. The SMILES string of the molecule is Cc1c(F)cccc1S(=O)(=O)NC1CCN(CC(=O)O)CC1. The highest BCUT2D eigenvalue weighted by Crippen LogP contribution is 2.19. The zero-order valence-electron chi connectivity index (χ0n) is 12.3. The van der Waals surface area contributed by atoms with Crippen molar-refractivity contribution in [1.82, 2.24) is 9.62 Å². The van der Waals surface area contributed by atoms with Gasteiger partial charge in [-0.3, -0.25) is 9.69 Å². The lowest BCUT2D eigenvalue weighted by Crippen LogP contribution is -2.45. The van der Waals surface area contributed by atoms with Gasteiger partial charge in [-0.25, -0.2) is 17.5 Å². The summed E-state index contributed by atoms with van der Waals surface area (Å²) < 4.78 is 40.8. The van der Waals surface area contributed by atoms with E-state index in [0.717, 1.165) is 0 Å². The van der Waals surface area contributed by atoms with Crippen molar-refractivity contribution in [2.45, 2.75) is 30.7 Å². The van der Waals surface area contributed by atoms with Crippen LogP contribution in [0.4, 0.5) is 4.39 Å². The number of carbonyl (C=O) groups is 1. The van der Waals surface area contributed by atoms with Crippen LogP contribution in [-0.2, 0) is 14.8 Å². The fourth-order valence-electron chi connectivity index (χ4n) is 2.56. The molecule has 1 heterocycles. The van der Waals surface area contributed by atoms with Crippen molar-refractivity contribution in [3.8, 4) is 0 Å². The Morgan fingerprint density at radius 3 is 2.64 bits per heavy atom. The lowest BCUT2D eigenvalue weighted by molar-refractivity contribution is -0.138. The van der Waals surface area contributed by atoms with E-state index in [2.05, 4.69) is 4.72 Å². The Kier molecular flexibility index (Phi) is 5.15. The van der Waals surface area contributed by atoms with Gasteiger partial charge >= 0.3 is 5.97 Å². The molecule has 6 nitrogen and oxygen atoms in total. The molecule has 0 bridgehead atoms. The second-order valence-corrected chi connectivity index (χ2v) is 7.11. The number of carboxylic acids is 1. The molecule has 0 aromatic heterocycles. The molecule has 0 amide bonds. The first-order valence-corrected chi connectivity index (χ1v) is 8.49. The van der Waals surface area contributed by atoms with Crippen LogP contribution >= 0.6 is 0 Å². The number of nitrogens with zero attached hydrogens (tertiary/aromatic N) is 1. The van der Waals surface area contributed by atoms with Crippen LogP contribution in [0.5, 0.6) is 0 Å². The number of hydrogen-bond donors (Lipinski definition) is 2. The van der Waals surface area contributed by atoms with Gasteiger partial charge in [0.25, 0.3) is 0 Å². The van der Waals surface area contributed by atoms with Crippen molar-refractivity contribution in [2.24, 2.45) is 0 Å². The molecule has 1 aliphatic heterocycles. The number of carboxylic acid groups (broad SMARTS) is 1. The summed E-state index contributed by atoms with van der Waals surface area (Å²) in [5.41, 5.74) is 0.0957. The third-order valence-corrected chi connectivity index (χ3v) is 5.44. The fourth-order valence-corrected chi connectivity index (χ4v) is 4.12. The van der Waals surface area contributed by atoms with Gasteiger partial charge in [0.2, 0.25) is 10.0 Å². The smallest absolute Gasteiger partial charge is 0.317 e. The third-order valence-electron chi connectivity index (χ3n) is 3.78. The van der Waals surface area contributed by atoms with E-state index >= 15 is 0 Å². The van der Waals surface area contributed by atoms with Crippen molar-refractivity contribution in [2.75, 3.05) is 19.6 Å². The first-order valence-electron chi connectivity index (χ1n) is 7.01. The lowest BCUT2D eigenvalue weighted by atomic mass is 10.1. The minimum atomic E-state index is -3.78. The van der Waals surface area contributed by atoms with E-state index < -0.39 is 21.8 Å². The monoisotopic (exact) mass is 330 g/mol. The van der Waals surface area contributed by atoms with Crippen LogP contribution in [0.1, 0.15) is 18.4 Å². The zero-order chi connectivity index (χ0) is 16.3. The number of benzene rings is 1.